The Hall–Kier alpha value is -3.68. The normalized spacial score (nSPS) is 10.7. The topological polar surface area (TPSA) is 113 Å². The molecule has 8 heteroatoms. The number of anilines is 1. The molecule has 1 heterocycles. The van der Waals surface area contributed by atoms with Crippen LogP contribution < -0.4 is 21.9 Å². The molecule has 0 saturated heterocycles. The van der Waals surface area contributed by atoms with Crippen molar-refractivity contribution in [3.05, 3.63) is 74.9 Å². The number of nitrogens with one attached hydrogen (secondary N) is 3. The smallest absolute Gasteiger partial charge is 0.328 e. The quantitative estimate of drug-likeness (QED) is 0.530. The highest BCUT2D eigenvalue weighted by molar-refractivity contribution is 5.90. The lowest BCUT2D eigenvalue weighted by atomic mass is 10.2. The SMILES string of the molecule is CCCC(=O)Nc1ccc(CNC(=O)CCn2c(=O)[nH]c(=O)c3ccccc32)cc1. The van der Waals surface area contributed by atoms with Gasteiger partial charge in [0.05, 0.1) is 10.9 Å². The summed E-state index contributed by atoms with van der Waals surface area (Å²) < 4.78 is 1.39. The van der Waals surface area contributed by atoms with Gasteiger partial charge in [0.15, 0.2) is 0 Å². The van der Waals surface area contributed by atoms with Crippen LogP contribution in [0.2, 0.25) is 0 Å². The molecule has 0 spiro atoms. The van der Waals surface area contributed by atoms with Crippen LogP contribution in [0.3, 0.4) is 0 Å². The van der Waals surface area contributed by atoms with Gasteiger partial charge in [-0.05, 0) is 36.2 Å². The fourth-order valence-corrected chi connectivity index (χ4v) is 3.12. The summed E-state index contributed by atoms with van der Waals surface area (Å²) in [5, 5.41) is 6.03. The average Bonchev–Trinajstić information content (AvgIpc) is 2.73. The van der Waals surface area contributed by atoms with Crippen LogP contribution >= 0.6 is 0 Å². The Morgan fingerprint density at radius 2 is 1.70 bits per heavy atom. The lowest BCUT2D eigenvalue weighted by Gasteiger charge is -2.10. The molecule has 0 radical (unpaired) electrons. The highest BCUT2D eigenvalue weighted by Crippen LogP contribution is 2.11. The number of nitrogens with zero attached hydrogens (tertiary/aromatic N) is 1. The highest BCUT2D eigenvalue weighted by Gasteiger charge is 2.09. The fraction of sp³-hybridized carbons (Fsp3) is 0.273. The van der Waals surface area contributed by atoms with E-state index < -0.39 is 11.2 Å². The van der Waals surface area contributed by atoms with Crippen molar-refractivity contribution in [1.29, 1.82) is 0 Å². The Morgan fingerprint density at radius 1 is 0.967 bits per heavy atom. The summed E-state index contributed by atoms with van der Waals surface area (Å²) in [7, 11) is 0. The number of carbonyl (C=O) groups excluding carboxylic acids is 2. The summed E-state index contributed by atoms with van der Waals surface area (Å²) in [5.41, 5.74) is 1.13. The number of benzene rings is 2. The summed E-state index contributed by atoms with van der Waals surface area (Å²) in [6.45, 7) is 2.44. The Bertz CT molecular complexity index is 1160. The van der Waals surface area contributed by atoms with Crippen LogP contribution in [0.15, 0.2) is 58.1 Å². The van der Waals surface area contributed by atoms with E-state index in [2.05, 4.69) is 15.6 Å². The summed E-state index contributed by atoms with van der Waals surface area (Å²) in [6.07, 6.45) is 1.36. The number of rotatable bonds is 8. The van der Waals surface area contributed by atoms with Crippen molar-refractivity contribution in [3.63, 3.8) is 0 Å². The lowest BCUT2D eigenvalue weighted by molar-refractivity contribution is -0.121. The molecule has 8 nitrogen and oxygen atoms in total. The number of carbonyl (C=O) groups is 2. The van der Waals surface area contributed by atoms with Crippen molar-refractivity contribution in [1.82, 2.24) is 14.9 Å². The Kier molecular flexibility index (Phi) is 6.79. The van der Waals surface area contributed by atoms with Gasteiger partial charge >= 0.3 is 5.69 Å². The number of hydrogen-bond acceptors (Lipinski definition) is 4. The van der Waals surface area contributed by atoms with Gasteiger partial charge in [0, 0.05) is 31.6 Å². The number of aromatic nitrogens is 2. The maximum atomic E-state index is 12.2. The second-order valence-corrected chi connectivity index (χ2v) is 6.95. The second-order valence-electron chi connectivity index (χ2n) is 6.95. The van der Waals surface area contributed by atoms with Crippen LogP contribution in [0, 0.1) is 0 Å². The van der Waals surface area contributed by atoms with E-state index in [9.17, 15) is 19.2 Å². The van der Waals surface area contributed by atoms with E-state index in [0.29, 0.717) is 29.6 Å². The maximum Gasteiger partial charge on any atom is 0.328 e. The zero-order valence-electron chi connectivity index (χ0n) is 16.7. The van der Waals surface area contributed by atoms with E-state index in [1.54, 1.807) is 36.4 Å². The van der Waals surface area contributed by atoms with Crippen molar-refractivity contribution in [2.75, 3.05) is 5.32 Å². The predicted octanol–water partition coefficient (Wildman–Crippen LogP) is 2.13. The number of aromatic amines is 1. The van der Waals surface area contributed by atoms with Crippen LogP contribution in [-0.2, 0) is 22.7 Å². The molecule has 30 heavy (non-hydrogen) atoms. The number of para-hydroxylation sites is 1. The maximum absolute atomic E-state index is 12.2. The molecule has 156 valence electrons. The van der Waals surface area contributed by atoms with Crippen molar-refractivity contribution in [3.8, 4) is 0 Å². The minimum absolute atomic E-state index is 0.0245. The fourth-order valence-electron chi connectivity index (χ4n) is 3.12. The first-order valence-corrected chi connectivity index (χ1v) is 9.85. The van der Waals surface area contributed by atoms with Gasteiger partial charge in [-0.2, -0.15) is 0 Å². The molecule has 1 aromatic heterocycles. The number of hydrogen-bond donors (Lipinski definition) is 3. The van der Waals surface area contributed by atoms with Crippen LogP contribution in [-0.4, -0.2) is 21.4 Å². The Balaban J connectivity index is 1.56. The van der Waals surface area contributed by atoms with Gasteiger partial charge < -0.3 is 10.6 Å². The third-order valence-corrected chi connectivity index (χ3v) is 4.67. The molecule has 0 fully saturated rings. The standard InChI is InChI=1S/C22H24N4O4/c1-2-5-20(28)24-16-10-8-15(9-11-16)14-23-19(27)12-13-26-18-7-4-3-6-17(18)21(29)25-22(26)30/h3-4,6-11H,2,5,12-14H2,1H3,(H,23,27)(H,24,28)(H,25,29,30). The molecule has 3 aromatic rings. The number of H-pyrrole nitrogens is 1. The van der Waals surface area contributed by atoms with Gasteiger partial charge in [-0.15, -0.1) is 0 Å². The second kappa shape index (κ2) is 9.69. The molecule has 0 aliphatic rings. The molecule has 3 rings (SSSR count). The molecule has 2 amide bonds. The number of fused-ring (bicyclic) bond motifs is 1. The molecule has 0 aliphatic carbocycles. The zero-order chi connectivity index (χ0) is 21.5. The van der Waals surface area contributed by atoms with Crippen molar-refractivity contribution in [2.24, 2.45) is 0 Å². The van der Waals surface area contributed by atoms with Crippen molar-refractivity contribution >= 4 is 28.4 Å². The number of aryl methyl sites for hydroxylation is 1. The van der Waals surface area contributed by atoms with E-state index in [-0.39, 0.29) is 24.8 Å². The molecule has 0 unspecified atom stereocenters. The molecule has 0 aliphatic heterocycles. The average molecular weight is 408 g/mol. The summed E-state index contributed by atoms with van der Waals surface area (Å²) in [4.78, 5) is 50.2. The van der Waals surface area contributed by atoms with Gasteiger partial charge in [0.1, 0.15) is 0 Å². The van der Waals surface area contributed by atoms with Crippen LogP contribution in [0.1, 0.15) is 31.7 Å². The minimum atomic E-state index is -0.535. The Morgan fingerprint density at radius 3 is 2.43 bits per heavy atom. The third kappa shape index (κ3) is 5.22. The van der Waals surface area contributed by atoms with Gasteiger partial charge in [0.25, 0.3) is 5.56 Å². The van der Waals surface area contributed by atoms with Crippen LogP contribution in [0.4, 0.5) is 5.69 Å². The van der Waals surface area contributed by atoms with E-state index in [4.69, 9.17) is 0 Å². The molecule has 2 aromatic carbocycles. The van der Waals surface area contributed by atoms with Crippen LogP contribution in [0.25, 0.3) is 10.9 Å². The van der Waals surface area contributed by atoms with Gasteiger partial charge in [-0.1, -0.05) is 31.2 Å². The molecule has 0 saturated carbocycles. The van der Waals surface area contributed by atoms with Gasteiger partial charge in [-0.3, -0.25) is 23.9 Å². The zero-order valence-corrected chi connectivity index (χ0v) is 16.7. The first-order chi connectivity index (χ1) is 14.5. The molecule has 0 atom stereocenters. The van der Waals surface area contributed by atoms with Crippen molar-refractivity contribution in [2.45, 2.75) is 39.3 Å². The van der Waals surface area contributed by atoms with E-state index in [1.807, 2.05) is 19.1 Å². The van der Waals surface area contributed by atoms with Gasteiger partial charge in [-0.25, -0.2) is 4.79 Å². The summed E-state index contributed by atoms with van der Waals surface area (Å²) in [6, 6.07) is 14.0. The van der Waals surface area contributed by atoms with Crippen LogP contribution in [0.5, 0.6) is 0 Å². The van der Waals surface area contributed by atoms with E-state index in [0.717, 1.165) is 12.0 Å². The van der Waals surface area contributed by atoms with Crippen molar-refractivity contribution < 1.29 is 9.59 Å². The molecule has 0 bridgehead atoms. The predicted molar refractivity (Wildman–Crippen MR) is 115 cm³/mol. The first-order valence-electron chi connectivity index (χ1n) is 9.85. The number of amides is 2. The largest absolute Gasteiger partial charge is 0.352 e. The monoisotopic (exact) mass is 408 g/mol. The van der Waals surface area contributed by atoms with E-state index in [1.165, 1.54) is 4.57 Å². The van der Waals surface area contributed by atoms with E-state index >= 15 is 0 Å². The minimum Gasteiger partial charge on any atom is -0.352 e. The lowest BCUT2D eigenvalue weighted by Crippen LogP contribution is -2.32. The summed E-state index contributed by atoms with van der Waals surface area (Å²) in [5.74, 6) is -0.235. The Labute approximate surface area is 172 Å². The van der Waals surface area contributed by atoms with Gasteiger partial charge in [0.2, 0.25) is 11.8 Å². The highest BCUT2D eigenvalue weighted by atomic mass is 16.2. The molecular formula is C22H24N4O4. The molecule has 3 N–H and O–H groups in total. The summed E-state index contributed by atoms with van der Waals surface area (Å²) >= 11 is 0. The first kappa shape index (κ1) is 21.0. The molecular weight excluding hydrogens is 384 g/mol. The third-order valence-electron chi connectivity index (χ3n) is 4.67.